The van der Waals surface area contributed by atoms with E-state index in [2.05, 4.69) is 24.2 Å². The third-order valence-electron chi connectivity index (χ3n) is 3.10. The first-order valence-electron chi connectivity index (χ1n) is 5.11. The molecule has 1 fully saturated rings. The van der Waals surface area contributed by atoms with Gasteiger partial charge in [0.15, 0.2) is 0 Å². The maximum atomic E-state index is 3.29. The first kappa shape index (κ1) is 10.0. The highest BCUT2D eigenvalue weighted by atomic mass is 15.1. The molecule has 0 saturated carbocycles. The van der Waals surface area contributed by atoms with Crippen molar-refractivity contribution in [1.29, 1.82) is 0 Å². The van der Waals surface area contributed by atoms with E-state index in [4.69, 9.17) is 0 Å². The molecule has 1 aliphatic rings. The summed E-state index contributed by atoms with van der Waals surface area (Å²) in [7, 11) is 4.30. The fourth-order valence-corrected chi connectivity index (χ4v) is 1.93. The smallest absolute Gasteiger partial charge is 0.00932 e. The van der Waals surface area contributed by atoms with E-state index in [1.807, 2.05) is 7.05 Å². The zero-order valence-electron chi connectivity index (χ0n) is 8.64. The van der Waals surface area contributed by atoms with Crippen molar-refractivity contribution in [1.82, 2.24) is 10.2 Å². The van der Waals surface area contributed by atoms with Crippen LogP contribution < -0.4 is 5.32 Å². The maximum absolute atomic E-state index is 3.29. The molecule has 72 valence electrons. The summed E-state index contributed by atoms with van der Waals surface area (Å²) >= 11 is 0. The van der Waals surface area contributed by atoms with Crippen LogP contribution in [0.2, 0.25) is 0 Å². The maximum Gasteiger partial charge on any atom is 0.00932 e. The molecule has 1 heterocycles. The summed E-state index contributed by atoms with van der Waals surface area (Å²) < 4.78 is 0. The third kappa shape index (κ3) is 2.76. The molecular formula is C10H22N2. The van der Waals surface area contributed by atoms with Crippen LogP contribution in [0.25, 0.3) is 0 Å². The van der Waals surface area contributed by atoms with Crippen LogP contribution in [0, 0.1) is 0 Å². The van der Waals surface area contributed by atoms with E-state index in [1.165, 1.54) is 32.2 Å². The molecule has 0 radical (unpaired) electrons. The van der Waals surface area contributed by atoms with Gasteiger partial charge in [-0.05, 0) is 53.2 Å². The molecule has 12 heavy (non-hydrogen) atoms. The molecule has 1 aliphatic heterocycles. The van der Waals surface area contributed by atoms with Gasteiger partial charge in [0.2, 0.25) is 0 Å². The van der Waals surface area contributed by atoms with Crippen LogP contribution in [-0.4, -0.2) is 37.6 Å². The van der Waals surface area contributed by atoms with Crippen LogP contribution in [0.4, 0.5) is 0 Å². The topological polar surface area (TPSA) is 15.3 Å². The van der Waals surface area contributed by atoms with Crippen LogP contribution in [0.1, 0.15) is 32.6 Å². The van der Waals surface area contributed by atoms with Crippen LogP contribution >= 0.6 is 0 Å². The Bertz CT molecular complexity index is 125. The Labute approximate surface area is 76.3 Å². The monoisotopic (exact) mass is 170 g/mol. The predicted octanol–water partition coefficient (Wildman–Crippen LogP) is 1.47. The molecule has 2 atom stereocenters. The SMILES string of the molecule is CNC(C)CCC1CCCN1C. The Morgan fingerprint density at radius 2 is 2.33 bits per heavy atom. The second-order valence-electron chi connectivity index (χ2n) is 4.04. The van der Waals surface area contributed by atoms with Gasteiger partial charge in [0.05, 0.1) is 0 Å². The van der Waals surface area contributed by atoms with E-state index in [0.29, 0.717) is 6.04 Å². The Morgan fingerprint density at radius 3 is 2.83 bits per heavy atom. The van der Waals surface area contributed by atoms with Gasteiger partial charge in [0.1, 0.15) is 0 Å². The van der Waals surface area contributed by atoms with Crippen molar-refractivity contribution < 1.29 is 0 Å². The molecule has 0 aromatic carbocycles. The number of hydrogen-bond acceptors (Lipinski definition) is 2. The number of nitrogens with one attached hydrogen (secondary N) is 1. The minimum absolute atomic E-state index is 0.680. The molecule has 2 unspecified atom stereocenters. The van der Waals surface area contributed by atoms with E-state index in [0.717, 1.165) is 6.04 Å². The number of rotatable bonds is 4. The quantitative estimate of drug-likeness (QED) is 0.687. The molecule has 0 aromatic rings. The lowest BCUT2D eigenvalue weighted by molar-refractivity contribution is 0.284. The molecule has 0 aromatic heterocycles. The van der Waals surface area contributed by atoms with Gasteiger partial charge in [0, 0.05) is 12.1 Å². The average molecular weight is 170 g/mol. The van der Waals surface area contributed by atoms with Crippen LogP contribution in [0.15, 0.2) is 0 Å². The van der Waals surface area contributed by atoms with Crippen molar-refractivity contribution in [3.63, 3.8) is 0 Å². The normalized spacial score (nSPS) is 27.8. The van der Waals surface area contributed by atoms with Crippen LogP contribution in [0.3, 0.4) is 0 Å². The zero-order valence-corrected chi connectivity index (χ0v) is 8.64. The minimum Gasteiger partial charge on any atom is -0.317 e. The van der Waals surface area contributed by atoms with Crippen molar-refractivity contribution in [2.45, 2.75) is 44.7 Å². The van der Waals surface area contributed by atoms with Gasteiger partial charge in [0.25, 0.3) is 0 Å². The molecule has 0 spiro atoms. The number of nitrogens with zero attached hydrogens (tertiary/aromatic N) is 1. The Balaban J connectivity index is 2.13. The highest BCUT2D eigenvalue weighted by molar-refractivity contribution is 4.77. The van der Waals surface area contributed by atoms with Gasteiger partial charge >= 0.3 is 0 Å². The van der Waals surface area contributed by atoms with Crippen molar-refractivity contribution in [3.8, 4) is 0 Å². The van der Waals surface area contributed by atoms with Crippen molar-refractivity contribution in [2.75, 3.05) is 20.6 Å². The lowest BCUT2D eigenvalue weighted by atomic mass is 10.1. The van der Waals surface area contributed by atoms with Gasteiger partial charge in [-0.15, -0.1) is 0 Å². The fourth-order valence-electron chi connectivity index (χ4n) is 1.93. The summed E-state index contributed by atoms with van der Waals surface area (Å²) in [5, 5.41) is 3.29. The van der Waals surface area contributed by atoms with E-state index in [1.54, 1.807) is 0 Å². The number of likely N-dealkylation sites (tertiary alicyclic amines) is 1. The first-order valence-corrected chi connectivity index (χ1v) is 5.11. The Morgan fingerprint density at radius 1 is 1.58 bits per heavy atom. The first-order chi connectivity index (χ1) is 5.74. The zero-order chi connectivity index (χ0) is 8.97. The molecule has 1 rings (SSSR count). The second kappa shape index (κ2) is 4.83. The molecule has 2 nitrogen and oxygen atoms in total. The highest BCUT2D eigenvalue weighted by Crippen LogP contribution is 2.19. The van der Waals surface area contributed by atoms with Gasteiger partial charge in [-0.1, -0.05) is 0 Å². The van der Waals surface area contributed by atoms with E-state index >= 15 is 0 Å². The van der Waals surface area contributed by atoms with Gasteiger partial charge in [-0.3, -0.25) is 0 Å². The Hall–Kier alpha value is -0.0800. The van der Waals surface area contributed by atoms with E-state index in [9.17, 15) is 0 Å². The van der Waals surface area contributed by atoms with Crippen molar-refractivity contribution in [3.05, 3.63) is 0 Å². The standard InChI is InChI=1S/C10H22N2/c1-9(11-2)6-7-10-5-4-8-12(10)3/h9-11H,4-8H2,1-3H3. The third-order valence-corrected chi connectivity index (χ3v) is 3.10. The largest absolute Gasteiger partial charge is 0.317 e. The van der Waals surface area contributed by atoms with Crippen molar-refractivity contribution in [2.24, 2.45) is 0 Å². The summed E-state index contributed by atoms with van der Waals surface area (Å²) in [5.41, 5.74) is 0. The molecule has 2 heteroatoms. The summed E-state index contributed by atoms with van der Waals surface area (Å²) in [6.45, 7) is 3.56. The second-order valence-corrected chi connectivity index (χ2v) is 4.04. The highest BCUT2D eigenvalue weighted by Gasteiger charge is 2.20. The van der Waals surface area contributed by atoms with E-state index in [-0.39, 0.29) is 0 Å². The molecule has 1 saturated heterocycles. The summed E-state index contributed by atoms with van der Waals surface area (Å²) in [5.74, 6) is 0. The molecule has 0 bridgehead atoms. The molecular weight excluding hydrogens is 148 g/mol. The lowest BCUT2D eigenvalue weighted by Gasteiger charge is -2.20. The predicted molar refractivity (Wildman–Crippen MR) is 53.4 cm³/mol. The van der Waals surface area contributed by atoms with Gasteiger partial charge in [-0.2, -0.15) is 0 Å². The number of hydrogen-bond donors (Lipinski definition) is 1. The lowest BCUT2D eigenvalue weighted by Crippen LogP contribution is -2.28. The Kier molecular flexibility index (Phi) is 4.02. The minimum atomic E-state index is 0.680. The van der Waals surface area contributed by atoms with E-state index < -0.39 is 0 Å². The van der Waals surface area contributed by atoms with Gasteiger partial charge < -0.3 is 10.2 Å². The molecule has 0 amide bonds. The van der Waals surface area contributed by atoms with Crippen LogP contribution in [0.5, 0.6) is 0 Å². The molecule has 1 N–H and O–H groups in total. The van der Waals surface area contributed by atoms with Gasteiger partial charge in [-0.25, -0.2) is 0 Å². The molecule has 0 aliphatic carbocycles. The summed E-state index contributed by atoms with van der Waals surface area (Å²) in [6.07, 6.45) is 5.48. The average Bonchev–Trinajstić information content (AvgIpc) is 2.47. The van der Waals surface area contributed by atoms with Crippen molar-refractivity contribution >= 4 is 0 Å². The fraction of sp³-hybridized carbons (Fsp3) is 1.00. The summed E-state index contributed by atoms with van der Waals surface area (Å²) in [6, 6.07) is 1.54. The van der Waals surface area contributed by atoms with Crippen LogP contribution in [-0.2, 0) is 0 Å². The summed E-state index contributed by atoms with van der Waals surface area (Å²) in [4.78, 5) is 2.50.